The van der Waals surface area contributed by atoms with Crippen LogP contribution >= 0.6 is 0 Å². The van der Waals surface area contributed by atoms with Gasteiger partial charge in [0.2, 0.25) is 0 Å². The molecule has 0 radical (unpaired) electrons. The number of esters is 1. The molecule has 4 heteroatoms. The highest BCUT2D eigenvalue weighted by Crippen LogP contribution is 2.33. The van der Waals surface area contributed by atoms with E-state index >= 15 is 0 Å². The molecule has 2 aromatic rings. The number of aryl methyl sites for hydroxylation is 2. The Morgan fingerprint density at radius 2 is 1.58 bits per heavy atom. The van der Waals surface area contributed by atoms with Crippen LogP contribution in [0, 0.1) is 25.7 Å². The summed E-state index contributed by atoms with van der Waals surface area (Å²) in [5.41, 5.74) is 2.45. The van der Waals surface area contributed by atoms with Gasteiger partial charge in [0.05, 0.1) is 0 Å². The zero-order valence-corrected chi connectivity index (χ0v) is 20.8. The summed E-state index contributed by atoms with van der Waals surface area (Å²) in [6, 6.07) is 14.4. The van der Waals surface area contributed by atoms with Gasteiger partial charge < -0.3 is 9.47 Å². The van der Waals surface area contributed by atoms with E-state index in [0.717, 1.165) is 54.5 Å². The maximum absolute atomic E-state index is 12.8. The largest absolute Gasteiger partial charge is 0.481 e. The molecule has 0 unspecified atom stereocenters. The van der Waals surface area contributed by atoms with Crippen molar-refractivity contribution in [3.8, 4) is 17.6 Å². The van der Waals surface area contributed by atoms with Gasteiger partial charge in [0.25, 0.3) is 0 Å². The molecule has 1 aliphatic heterocycles. The molecule has 2 aromatic carbocycles. The van der Waals surface area contributed by atoms with E-state index < -0.39 is 5.60 Å². The fourth-order valence-corrected chi connectivity index (χ4v) is 7.30. The molecule has 1 saturated heterocycles. The molecule has 0 spiro atoms. The monoisotopic (exact) mass is 463 g/mol. The first kappa shape index (κ1) is 23.8. The molecule has 4 rings (SSSR count). The van der Waals surface area contributed by atoms with E-state index in [2.05, 4.69) is 37.8 Å². The third-order valence-corrected chi connectivity index (χ3v) is 9.03. The van der Waals surface area contributed by atoms with Crippen LogP contribution in [0.2, 0.25) is 0 Å². The standard InChI is InChI=1S/C29H35O3S/c1-23-20-26(33-18-10-5-11-19-33)21-24(2)28(23)31-22-27(30)32-29(15-8-4-9-16-29)17-14-25-12-6-3-7-13-25/h3,6-7,12-13,20-21H,4-5,8-11,15-16,18-19,22H2,1-2H3/q+1. The lowest BCUT2D eigenvalue weighted by Crippen LogP contribution is -2.37. The SMILES string of the molecule is Cc1cc([S+]2CCCCC2)cc(C)c1OCC(=O)OC1(C#Cc2ccccc2)CCCCC1. The normalized spacial score (nSPS) is 18.1. The molecule has 174 valence electrons. The average Bonchev–Trinajstić information content (AvgIpc) is 2.84. The molecule has 0 bridgehead atoms. The molecule has 2 aliphatic rings. The highest BCUT2D eigenvalue weighted by atomic mass is 32.2. The van der Waals surface area contributed by atoms with Crippen LogP contribution in [-0.4, -0.2) is 29.7 Å². The molecule has 2 fully saturated rings. The van der Waals surface area contributed by atoms with Crippen molar-refractivity contribution in [2.45, 2.75) is 75.7 Å². The molecule has 0 atom stereocenters. The summed E-state index contributed by atoms with van der Waals surface area (Å²) in [7, 11) is 0.359. The average molecular weight is 464 g/mol. The first-order valence-corrected chi connectivity index (χ1v) is 13.8. The summed E-state index contributed by atoms with van der Waals surface area (Å²) in [5, 5.41) is 0. The topological polar surface area (TPSA) is 35.5 Å². The van der Waals surface area contributed by atoms with Crippen molar-refractivity contribution in [3.05, 3.63) is 59.2 Å². The van der Waals surface area contributed by atoms with Crippen molar-refractivity contribution < 1.29 is 14.3 Å². The number of ether oxygens (including phenoxy) is 2. The molecular formula is C29H35O3S+. The highest BCUT2D eigenvalue weighted by Gasteiger charge is 2.34. The summed E-state index contributed by atoms with van der Waals surface area (Å²) in [6.45, 7) is 4.08. The number of hydrogen-bond donors (Lipinski definition) is 0. The lowest BCUT2D eigenvalue weighted by molar-refractivity contribution is -0.159. The van der Waals surface area contributed by atoms with Gasteiger partial charge in [-0.15, -0.1) is 0 Å². The third kappa shape index (κ3) is 6.36. The predicted octanol–water partition coefficient (Wildman–Crippen LogP) is 6.14. The van der Waals surface area contributed by atoms with Gasteiger partial charge in [-0.2, -0.15) is 0 Å². The van der Waals surface area contributed by atoms with Gasteiger partial charge in [0, 0.05) is 16.5 Å². The Morgan fingerprint density at radius 3 is 2.24 bits per heavy atom. The molecule has 33 heavy (non-hydrogen) atoms. The van der Waals surface area contributed by atoms with E-state index in [1.54, 1.807) is 0 Å². The zero-order valence-electron chi connectivity index (χ0n) is 20.0. The highest BCUT2D eigenvalue weighted by molar-refractivity contribution is 7.96. The number of benzene rings is 2. The number of carbonyl (C=O) groups is 1. The van der Waals surface area contributed by atoms with Crippen LogP contribution in [0.3, 0.4) is 0 Å². The van der Waals surface area contributed by atoms with Crippen LogP contribution in [0.5, 0.6) is 5.75 Å². The summed E-state index contributed by atoms with van der Waals surface area (Å²) in [4.78, 5) is 14.3. The quantitative estimate of drug-likeness (QED) is 0.303. The fourth-order valence-electron chi connectivity index (χ4n) is 4.83. The van der Waals surface area contributed by atoms with Gasteiger partial charge in [0.1, 0.15) is 17.3 Å². The third-order valence-electron chi connectivity index (χ3n) is 6.56. The molecule has 1 aliphatic carbocycles. The van der Waals surface area contributed by atoms with E-state index in [4.69, 9.17) is 9.47 Å². The van der Waals surface area contributed by atoms with Crippen LogP contribution < -0.4 is 4.74 Å². The molecule has 0 N–H and O–H groups in total. The maximum Gasteiger partial charge on any atom is 0.345 e. The summed E-state index contributed by atoms with van der Waals surface area (Å²) >= 11 is 0. The van der Waals surface area contributed by atoms with Crippen LogP contribution in [-0.2, 0) is 20.4 Å². The number of carbonyl (C=O) groups excluding carboxylic acids is 1. The molecular weight excluding hydrogens is 428 g/mol. The number of rotatable bonds is 5. The molecule has 0 aromatic heterocycles. The smallest absolute Gasteiger partial charge is 0.345 e. The second kappa shape index (κ2) is 11.2. The van der Waals surface area contributed by atoms with Crippen LogP contribution in [0.15, 0.2) is 47.4 Å². The molecule has 0 amide bonds. The van der Waals surface area contributed by atoms with Crippen molar-refractivity contribution >= 4 is 16.9 Å². The second-order valence-corrected chi connectivity index (χ2v) is 11.6. The molecule has 1 saturated carbocycles. The van der Waals surface area contributed by atoms with Crippen molar-refractivity contribution in [1.82, 2.24) is 0 Å². The molecule has 1 heterocycles. The van der Waals surface area contributed by atoms with Crippen molar-refractivity contribution in [1.29, 1.82) is 0 Å². The lowest BCUT2D eigenvalue weighted by Gasteiger charge is -2.32. The van der Waals surface area contributed by atoms with Crippen molar-refractivity contribution in [2.24, 2.45) is 0 Å². The minimum absolute atomic E-state index is 0.0818. The summed E-state index contributed by atoms with van der Waals surface area (Å²) < 4.78 is 12.0. The van der Waals surface area contributed by atoms with E-state index in [0.29, 0.717) is 10.9 Å². The lowest BCUT2D eigenvalue weighted by atomic mass is 9.85. The Kier molecular flexibility index (Phi) is 8.04. The minimum atomic E-state index is -0.704. The maximum atomic E-state index is 12.8. The van der Waals surface area contributed by atoms with Crippen LogP contribution in [0.1, 0.15) is 68.1 Å². The Labute approximate surface area is 201 Å². The Bertz CT molecular complexity index is 983. The van der Waals surface area contributed by atoms with Crippen molar-refractivity contribution in [3.63, 3.8) is 0 Å². The van der Waals surface area contributed by atoms with Gasteiger partial charge in [-0.3, -0.25) is 0 Å². The van der Waals surface area contributed by atoms with Gasteiger partial charge in [-0.25, -0.2) is 4.79 Å². The van der Waals surface area contributed by atoms with Gasteiger partial charge in [-0.1, -0.05) is 30.5 Å². The van der Waals surface area contributed by atoms with E-state index in [1.165, 1.54) is 35.7 Å². The second-order valence-electron chi connectivity index (χ2n) is 9.28. The summed E-state index contributed by atoms with van der Waals surface area (Å²) in [6.07, 6.45) is 8.82. The Morgan fingerprint density at radius 1 is 0.939 bits per heavy atom. The van der Waals surface area contributed by atoms with Crippen LogP contribution in [0.25, 0.3) is 0 Å². The van der Waals surface area contributed by atoms with Gasteiger partial charge >= 0.3 is 5.97 Å². The number of hydrogen-bond acceptors (Lipinski definition) is 3. The molecule has 3 nitrogen and oxygen atoms in total. The Hall–Kier alpha value is -2.38. The van der Waals surface area contributed by atoms with E-state index in [-0.39, 0.29) is 12.6 Å². The zero-order chi connectivity index (χ0) is 23.1. The van der Waals surface area contributed by atoms with E-state index in [9.17, 15) is 4.79 Å². The Balaban J connectivity index is 1.41. The van der Waals surface area contributed by atoms with Crippen molar-refractivity contribution in [2.75, 3.05) is 18.1 Å². The minimum Gasteiger partial charge on any atom is -0.481 e. The van der Waals surface area contributed by atoms with Crippen LogP contribution in [0.4, 0.5) is 0 Å². The van der Waals surface area contributed by atoms with E-state index in [1.807, 2.05) is 30.3 Å². The predicted molar refractivity (Wildman–Crippen MR) is 136 cm³/mol. The first-order chi connectivity index (χ1) is 16.0. The summed E-state index contributed by atoms with van der Waals surface area (Å²) in [5.74, 6) is 9.60. The van der Waals surface area contributed by atoms with Gasteiger partial charge in [0.15, 0.2) is 17.1 Å². The first-order valence-electron chi connectivity index (χ1n) is 12.3. The van der Waals surface area contributed by atoms with Gasteiger partial charge in [-0.05, 0) is 100 Å². The fraction of sp³-hybridized carbons (Fsp3) is 0.483.